The largest absolute Gasteiger partial charge is 0.465 e. The number of carbonyl (C=O) groups excluding carboxylic acids is 1. The standard InChI is InChI=1S/C21H25N3O3/c1-13-11-19(22)18-12-17(7-8-20(18)24(13)14(2)25)16-5-3-15(4-6-16)9-10-23-21(26)27/h3-8,12-13,19,23H,9-11,22H2,1-2H3,(H,26,27)/t13-,19+/m0/s1. The number of benzene rings is 2. The highest BCUT2D eigenvalue weighted by Gasteiger charge is 2.30. The van der Waals surface area contributed by atoms with Crippen molar-refractivity contribution in [1.82, 2.24) is 5.32 Å². The highest BCUT2D eigenvalue weighted by atomic mass is 16.4. The molecule has 3 rings (SSSR count). The number of nitrogens with one attached hydrogen (secondary N) is 1. The summed E-state index contributed by atoms with van der Waals surface area (Å²) in [4.78, 5) is 24.4. The quantitative estimate of drug-likeness (QED) is 0.772. The zero-order valence-electron chi connectivity index (χ0n) is 15.6. The van der Waals surface area contributed by atoms with Gasteiger partial charge in [0, 0.05) is 31.2 Å². The Morgan fingerprint density at radius 1 is 1.19 bits per heavy atom. The first-order valence-electron chi connectivity index (χ1n) is 9.12. The second kappa shape index (κ2) is 7.80. The van der Waals surface area contributed by atoms with Crippen molar-refractivity contribution in [2.24, 2.45) is 5.73 Å². The Morgan fingerprint density at radius 2 is 1.85 bits per heavy atom. The summed E-state index contributed by atoms with van der Waals surface area (Å²) in [5.74, 6) is 0.0303. The SMILES string of the molecule is CC(=O)N1c2ccc(-c3ccc(CCNC(=O)O)cc3)cc2[C@H](N)C[C@@H]1C. The molecule has 1 heterocycles. The van der Waals surface area contributed by atoms with Crippen molar-refractivity contribution in [1.29, 1.82) is 0 Å². The van der Waals surface area contributed by atoms with Crippen molar-refractivity contribution in [3.8, 4) is 11.1 Å². The Bertz CT molecular complexity index is 848. The second-order valence-corrected chi connectivity index (χ2v) is 7.03. The number of anilines is 1. The molecule has 0 spiro atoms. The minimum atomic E-state index is -1.01. The molecule has 0 aliphatic carbocycles. The highest BCUT2D eigenvalue weighted by molar-refractivity contribution is 5.94. The van der Waals surface area contributed by atoms with E-state index in [0.717, 1.165) is 34.4 Å². The van der Waals surface area contributed by atoms with Gasteiger partial charge in [-0.05, 0) is 54.2 Å². The molecule has 2 atom stereocenters. The van der Waals surface area contributed by atoms with Gasteiger partial charge in [0.1, 0.15) is 0 Å². The van der Waals surface area contributed by atoms with Crippen LogP contribution in [0.2, 0.25) is 0 Å². The van der Waals surface area contributed by atoms with E-state index in [-0.39, 0.29) is 18.0 Å². The van der Waals surface area contributed by atoms with Gasteiger partial charge in [-0.15, -0.1) is 0 Å². The molecule has 1 aliphatic heterocycles. The van der Waals surface area contributed by atoms with Crippen molar-refractivity contribution >= 4 is 17.7 Å². The Hall–Kier alpha value is -2.86. The van der Waals surface area contributed by atoms with Crippen molar-refractivity contribution in [2.75, 3.05) is 11.4 Å². The number of fused-ring (bicyclic) bond motifs is 1. The van der Waals surface area contributed by atoms with E-state index in [1.807, 2.05) is 48.2 Å². The molecule has 0 aromatic heterocycles. The van der Waals surface area contributed by atoms with Crippen molar-refractivity contribution in [3.63, 3.8) is 0 Å². The molecular formula is C21H25N3O3. The van der Waals surface area contributed by atoms with Crippen LogP contribution in [0.4, 0.5) is 10.5 Å². The van der Waals surface area contributed by atoms with Crippen LogP contribution in [0.3, 0.4) is 0 Å². The number of hydrogen-bond donors (Lipinski definition) is 3. The first-order valence-corrected chi connectivity index (χ1v) is 9.12. The van der Waals surface area contributed by atoms with Gasteiger partial charge < -0.3 is 21.1 Å². The zero-order valence-corrected chi connectivity index (χ0v) is 15.6. The van der Waals surface area contributed by atoms with E-state index in [0.29, 0.717) is 13.0 Å². The lowest BCUT2D eigenvalue weighted by atomic mass is 9.89. The molecular weight excluding hydrogens is 342 g/mol. The van der Waals surface area contributed by atoms with Crippen LogP contribution in [-0.2, 0) is 11.2 Å². The number of amides is 2. The molecule has 1 aliphatic rings. The van der Waals surface area contributed by atoms with Gasteiger partial charge in [0.25, 0.3) is 0 Å². The molecule has 142 valence electrons. The normalized spacial score (nSPS) is 18.7. The van der Waals surface area contributed by atoms with Gasteiger partial charge in [-0.2, -0.15) is 0 Å². The van der Waals surface area contributed by atoms with Gasteiger partial charge in [0.15, 0.2) is 0 Å². The summed E-state index contributed by atoms with van der Waals surface area (Å²) >= 11 is 0. The van der Waals surface area contributed by atoms with Crippen LogP contribution in [0.15, 0.2) is 42.5 Å². The summed E-state index contributed by atoms with van der Waals surface area (Å²) in [5, 5.41) is 11.0. The zero-order chi connectivity index (χ0) is 19.6. The maximum atomic E-state index is 12.0. The first kappa shape index (κ1) is 18.9. The van der Waals surface area contributed by atoms with Crippen LogP contribution in [0.25, 0.3) is 11.1 Å². The molecule has 2 aromatic rings. The van der Waals surface area contributed by atoms with E-state index >= 15 is 0 Å². The van der Waals surface area contributed by atoms with Crippen molar-refractivity contribution < 1.29 is 14.7 Å². The fraction of sp³-hybridized carbons (Fsp3) is 0.333. The van der Waals surface area contributed by atoms with Crippen molar-refractivity contribution in [3.05, 3.63) is 53.6 Å². The molecule has 0 fully saturated rings. The van der Waals surface area contributed by atoms with Gasteiger partial charge in [-0.25, -0.2) is 4.79 Å². The number of rotatable bonds is 4. The maximum Gasteiger partial charge on any atom is 0.404 e. The average Bonchev–Trinajstić information content (AvgIpc) is 2.61. The smallest absolute Gasteiger partial charge is 0.404 e. The van der Waals surface area contributed by atoms with Crippen molar-refractivity contribution in [2.45, 2.75) is 38.8 Å². The number of carboxylic acid groups (broad SMARTS) is 1. The van der Waals surface area contributed by atoms with Crippen LogP contribution in [0.1, 0.15) is 37.4 Å². The van der Waals surface area contributed by atoms with Crippen LogP contribution in [-0.4, -0.2) is 29.7 Å². The number of nitrogens with two attached hydrogens (primary N) is 1. The molecule has 6 heteroatoms. The first-order chi connectivity index (χ1) is 12.9. The average molecular weight is 367 g/mol. The summed E-state index contributed by atoms with van der Waals surface area (Å²) in [6.07, 6.45) is 0.379. The lowest BCUT2D eigenvalue weighted by Crippen LogP contribution is -2.43. The topological polar surface area (TPSA) is 95.7 Å². The Morgan fingerprint density at radius 3 is 2.48 bits per heavy atom. The monoisotopic (exact) mass is 367 g/mol. The highest BCUT2D eigenvalue weighted by Crippen LogP contribution is 2.38. The minimum Gasteiger partial charge on any atom is -0.465 e. The minimum absolute atomic E-state index is 0.0303. The summed E-state index contributed by atoms with van der Waals surface area (Å²) in [6, 6.07) is 14.1. The maximum absolute atomic E-state index is 12.0. The summed E-state index contributed by atoms with van der Waals surface area (Å²) < 4.78 is 0. The van der Waals surface area contributed by atoms with Gasteiger partial charge in [-0.1, -0.05) is 30.3 Å². The van der Waals surface area contributed by atoms with Gasteiger partial charge >= 0.3 is 6.09 Å². The Kier molecular flexibility index (Phi) is 5.46. The van der Waals surface area contributed by atoms with Gasteiger partial charge in [0.05, 0.1) is 0 Å². The van der Waals surface area contributed by atoms with E-state index in [1.165, 1.54) is 0 Å². The summed E-state index contributed by atoms with van der Waals surface area (Å²) in [6.45, 7) is 4.00. The van der Waals surface area contributed by atoms with E-state index < -0.39 is 6.09 Å². The Balaban J connectivity index is 1.83. The summed E-state index contributed by atoms with van der Waals surface area (Å²) in [5.41, 5.74) is 11.4. The lowest BCUT2D eigenvalue weighted by Gasteiger charge is -2.38. The predicted molar refractivity (Wildman–Crippen MR) is 106 cm³/mol. The predicted octanol–water partition coefficient (Wildman–Crippen LogP) is 3.31. The molecule has 4 N–H and O–H groups in total. The molecule has 0 saturated carbocycles. The summed E-state index contributed by atoms with van der Waals surface area (Å²) in [7, 11) is 0. The van der Waals surface area contributed by atoms with Crippen LogP contribution < -0.4 is 16.0 Å². The fourth-order valence-electron chi connectivity index (χ4n) is 3.75. The number of carbonyl (C=O) groups is 2. The molecule has 0 radical (unpaired) electrons. The second-order valence-electron chi connectivity index (χ2n) is 7.03. The number of hydrogen-bond acceptors (Lipinski definition) is 3. The van der Waals surface area contributed by atoms with E-state index in [4.69, 9.17) is 10.8 Å². The van der Waals surface area contributed by atoms with Crippen LogP contribution in [0.5, 0.6) is 0 Å². The lowest BCUT2D eigenvalue weighted by molar-refractivity contribution is -0.117. The molecule has 2 amide bonds. The van der Waals surface area contributed by atoms with Gasteiger partial charge in [-0.3, -0.25) is 4.79 Å². The third kappa shape index (κ3) is 4.11. The fourth-order valence-corrected chi connectivity index (χ4v) is 3.75. The van der Waals surface area contributed by atoms with Crippen LogP contribution in [0, 0.1) is 0 Å². The molecule has 0 saturated heterocycles. The van der Waals surface area contributed by atoms with E-state index in [2.05, 4.69) is 11.4 Å². The molecule has 0 bridgehead atoms. The number of nitrogens with zero attached hydrogens (tertiary/aromatic N) is 1. The Labute approximate surface area is 159 Å². The third-order valence-corrected chi connectivity index (χ3v) is 5.04. The molecule has 0 unspecified atom stereocenters. The van der Waals surface area contributed by atoms with E-state index in [9.17, 15) is 9.59 Å². The molecule has 6 nitrogen and oxygen atoms in total. The third-order valence-electron chi connectivity index (χ3n) is 5.04. The van der Waals surface area contributed by atoms with Gasteiger partial charge in [0.2, 0.25) is 5.91 Å². The van der Waals surface area contributed by atoms with Crippen LogP contribution >= 0.6 is 0 Å². The van der Waals surface area contributed by atoms with E-state index in [1.54, 1.807) is 6.92 Å². The molecule has 27 heavy (non-hydrogen) atoms. The molecule has 2 aromatic carbocycles.